The van der Waals surface area contributed by atoms with E-state index in [0.29, 0.717) is 5.69 Å². The van der Waals surface area contributed by atoms with Crippen molar-refractivity contribution in [1.29, 1.82) is 0 Å². The van der Waals surface area contributed by atoms with Gasteiger partial charge in [-0.15, -0.1) is 0 Å². The first kappa shape index (κ1) is 14.1. The summed E-state index contributed by atoms with van der Waals surface area (Å²) in [6.45, 7) is 7.91. The Labute approximate surface area is 118 Å². The van der Waals surface area contributed by atoms with Crippen LogP contribution in [0.15, 0.2) is 24.4 Å². The Morgan fingerprint density at radius 3 is 2.25 bits per heavy atom. The standard InChI is InChI=1S/C16H18N2O2/c1-9-5-10(2)15(11(3)6-9)18-14-7-12(4)17-8-13(14)16(19)20/h5-8H,1-4H3,(H,17,18)(H,19,20). The largest absolute Gasteiger partial charge is 0.478 e. The number of hydrogen-bond donors (Lipinski definition) is 2. The van der Waals surface area contributed by atoms with Gasteiger partial charge in [0.05, 0.1) is 5.69 Å². The van der Waals surface area contributed by atoms with E-state index in [9.17, 15) is 9.90 Å². The fraction of sp³-hybridized carbons (Fsp3) is 0.250. The van der Waals surface area contributed by atoms with E-state index in [2.05, 4.69) is 22.4 Å². The van der Waals surface area contributed by atoms with E-state index in [4.69, 9.17) is 0 Å². The van der Waals surface area contributed by atoms with Crippen molar-refractivity contribution in [3.05, 3.63) is 52.3 Å². The van der Waals surface area contributed by atoms with E-state index >= 15 is 0 Å². The molecule has 0 fully saturated rings. The Morgan fingerprint density at radius 2 is 1.70 bits per heavy atom. The molecule has 20 heavy (non-hydrogen) atoms. The topological polar surface area (TPSA) is 62.2 Å². The zero-order valence-electron chi connectivity index (χ0n) is 12.1. The van der Waals surface area contributed by atoms with Gasteiger partial charge in [0, 0.05) is 17.6 Å². The number of hydrogen-bond acceptors (Lipinski definition) is 3. The Kier molecular flexibility index (Phi) is 3.74. The summed E-state index contributed by atoms with van der Waals surface area (Å²) in [4.78, 5) is 15.3. The summed E-state index contributed by atoms with van der Waals surface area (Å²) in [6, 6.07) is 5.90. The van der Waals surface area contributed by atoms with E-state index in [1.54, 1.807) is 6.07 Å². The fourth-order valence-electron chi connectivity index (χ4n) is 2.35. The molecule has 0 radical (unpaired) electrons. The SMILES string of the molecule is Cc1cc(C)c(Nc2cc(C)ncc2C(=O)O)c(C)c1. The Hall–Kier alpha value is -2.36. The second kappa shape index (κ2) is 5.33. The van der Waals surface area contributed by atoms with E-state index in [-0.39, 0.29) is 5.56 Å². The summed E-state index contributed by atoms with van der Waals surface area (Å²) in [5, 5.41) is 12.5. The normalized spacial score (nSPS) is 10.4. The van der Waals surface area contributed by atoms with Crippen molar-refractivity contribution < 1.29 is 9.90 Å². The zero-order valence-corrected chi connectivity index (χ0v) is 12.1. The van der Waals surface area contributed by atoms with Gasteiger partial charge in [0.15, 0.2) is 0 Å². The molecule has 2 rings (SSSR count). The van der Waals surface area contributed by atoms with Crippen molar-refractivity contribution in [3.63, 3.8) is 0 Å². The third-order valence-electron chi connectivity index (χ3n) is 3.21. The summed E-state index contributed by atoms with van der Waals surface area (Å²) < 4.78 is 0. The highest BCUT2D eigenvalue weighted by molar-refractivity contribution is 5.95. The van der Waals surface area contributed by atoms with Crippen molar-refractivity contribution in [2.45, 2.75) is 27.7 Å². The molecule has 0 aliphatic carbocycles. The number of rotatable bonds is 3. The lowest BCUT2D eigenvalue weighted by Gasteiger charge is -2.15. The molecular formula is C16H18N2O2. The number of nitrogens with one attached hydrogen (secondary N) is 1. The van der Waals surface area contributed by atoms with Crippen LogP contribution in [0.2, 0.25) is 0 Å². The monoisotopic (exact) mass is 270 g/mol. The fourth-order valence-corrected chi connectivity index (χ4v) is 2.35. The van der Waals surface area contributed by atoms with Gasteiger partial charge < -0.3 is 10.4 Å². The second-order valence-corrected chi connectivity index (χ2v) is 5.08. The van der Waals surface area contributed by atoms with Crippen LogP contribution in [0.1, 0.15) is 32.7 Å². The Balaban J connectivity index is 2.50. The molecule has 0 atom stereocenters. The van der Waals surface area contributed by atoms with E-state index < -0.39 is 5.97 Å². The van der Waals surface area contributed by atoms with Crippen molar-refractivity contribution in [2.24, 2.45) is 0 Å². The lowest BCUT2D eigenvalue weighted by Crippen LogP contribution is -2.06. The number of aryl methyl sites for hydroxylation is 4. The third-order valence-corrected chi connectivity index (χ3v) is 3.21. The summed E-state index contributed by atoms with van der Waals surface area (Å²) in [5.74, 6) is -0.984. The van der Waals surface area contributed by atoms with Crippen LogP contribution in [-0.4, -0.2) is 16.1 Å². The molecule has 1 aromatic carbocycles. The van der Waals surface area contributed by atoms with Gasteiger partial charge >= 0.3 is 5.97 Å². The molecule has 0 saturated carbocycles. The molecule has 0 unspecified atom stereocenters. The predicted molar refractivity (Wildman–Crippen MR) is 79.9 cm³/mol. The average molecular weight is 270 g/mol. The number of anilines is 2. The maximum Gasteiger partial charge on any atom is 0.339 e. The number of carboxylic acid groups (broad SMARTS) is 1. The molecule has 0 saturated heterocycles. The number of pyridine rings is 1. The van der Waals surface area contributed by atoms with Gasteiger partial charge in [-0.1, -0.05) is 17.7 Å². The molecule has 4 heteroatoms. The predicted octanol–water partition coefficient (Wildman–Crippen LogP) is 3.76. The van der Waals surface area contributed by atoms with Crippen LogP contribution in [0, 0.1) is 27.7 Å². The molecule has 0 bridgehead atoms. The number of benzene rings is 1. The van der Waals surface area contributed by atoms with Gasteiger partial charge in [-0.25, -0.2) is 4.79 Å². The van der Waals surface area contributed by atoms with Crippen LogP contribution in [-0.2, 0) is 0 Å². The molecule has 2 aromatic rings. The third kappa shape index (κ3) is 2.79. The van der Waals surface area contributed by atoms with Crippen LogP contribution < -0.4 is 5.32 Å². The first-order chi connectivity index (χ1) is 9.38. The van der Waals surface area contributed by atoms with Gasteiger partial charge in [-0.05, 0) is 44.9 Å². The number of aromatic carboxylic acids is 1. The lowest BCUT2D eigenvalue weighted by molar-refractivity contribution is 0.0697. The summed E-state index contributed by atoms with van der Waals surface area (Å²) in [6.07, 6.45) is 1.39. The lowest BCUT2D eigenvalue weighted by atomic mass is 10.0. The summed E-state index contributed by atoms with van der Waals surface area (Å²) in [5.41, 5.74) is 5.84. The van der Waals surface area contributed by atoms with Gasteiger partial charge in [-0.2, -0.15) is 0 Å². The molecule has 2 N–H and O–H groups in total. The molecular weight excluding hydrogens is 252 g/mol. The van der Waals surface area contributed by atoms with E-state index in [1.807, 2.05) is 27.7 Å². The van der Waals surface area contributed by atoms with E-state index in [0.717, 1.165) is 22.5 Å². The molecule has 104 valence electrons. The highest BCUT2D eigenvalue weighted by atomic mass is 16.4. The molecule has 0 aliphatic heterocycles. The molecule has 0 aliphatic rings. The molecule has 0 spiro atoms. The minimum atomic E-state index is -0.984. The molecule has 0 amide bonds. The zero-order chi connectivity index (χ0) is 14.9. The van der Waals surface area contributed by atoms with Crippen LogP contribution in [0.5, 0.6) is 0 Å². The molecule has 4 nitrogen and oxygen atoms in total. The highest BCUT2D eigenvalue weighted by Gasteiger charge is 2.13. The van der Waals surface area contributed by atoms with E-state index in [1.165, 1.54) is 11.8 Å². The van der Waals surface area contributed by atoms with Crippen LogP contribution in [0.25, 0.3) is 0 Å². The van der Waals surface area contributed by atoms with Crippen molar-refractivity contribution in [1.82, 2.24) is 4.98 Å². The maximum atomic E-state index is 11.3. The quantitative estimate of drug-likeness (QED) is 0.891. The number of nitrogens with zero attached hydrogens (tertiary/aromatic N) is 1. The first-order valence-corrected chi connectivity index (χ1v) is 6.43. The Morgan fingerprint density at radius 1 is 1.10 bits per heavy atom. The van der Waals surface area contributed by atoms with Crippen LogP contribution in [0.4, 0.5) is 11.4 Å². The Bertz CT molecular complexity index is 655. The number of carboxylic acids is 1. The number of aromatic nitrogens is 1. The van der Waals surface area contributed by atoms with Gasteiger partial charge in [0.1, 0.15) is 5.56 Å². The minimum Gasteiger partial charge on any atom is -0.478 e. The maximum absolute atomic E-state index is 11.3. The summed E-state index contributed by atoms with van der Waals surface area (Å²) >= 11 is 0. The number of carbonyl (C=O) groups is 1. The minimum absolute atomic E-state index is 0.176. The second-order valence-electron chi connectivity index (χ2n) is 5.08. The van der Waals surface area contributed by atoms with Gasteiger partial charge in [0.2, 0.25) is 0 Å². The highest BCUT2D eigenvalue weighted by Crippen LogP contribution is 2.28. The first-order valence-electron chi connectivity index (χ1n) is 6.43. The van der Waals surface area contributed by atoms with Crippen molar-refractivity contribution in [3.8, 4) is 0 Å². The average Bonchev–Trinajstić information content (AvgIpc) is 2.33. The van der Waals surface area contributed by atoms with Crippen LogP contribution in [0.3, 0.4) is 0 Å². The van der Waals surface area contributed by atoms with Crippen LogP contribution >= 0.6 is 0 Å². The van der Waals surface area contributed by atoms with Crippen molar-refractivity contribution in [2.75, 3.05) is 5.32 Å². The molecule has 1 heterocycles. The van der Waals surface area contributed by atoms with Crippen molar-refractivity contribution >= 4 is 17.3 Å². The molecule has 1 aromatic heterocycles. The smallest absolute Gasteiger partial charge is 0.339 e. The van der Waals surface area contributed by atoms with Gasteiger partial charge in [-0.3, -0.25) is 4.98 Å². The van der Waals surface area contributed by atoms with Gasteiger partial charge in [0.25, 0.3) is 0 Å². The summed E-state index contributed by atoms with van der Waals surface area (Å²) in [7, 11) is 0.